The van der Waals surface area contributed by atoms with Gasteiger partial charge in [-0.3, -0.25) is 0 Å². The first-order valence-corrected chi connectivity index (χ1v) is 19.7. The zero-order valence-electron chi connectivity index (χ0n) is 32.4. The number of hydrogen-bond acceptors (Lipinski definition) is 4. The smallest absolute Gasteiger partial charge is 0.336 e. The van der Waals surface area contributed by atoms with Crippen molar-refractivity contribution in [2.75, 3.05) is 36.0 Å². The van der Waals surface area contributed by atoms with Crippen LogP contribution in [0.5, 0.6) is 0 Å². The molecule has 0 aromatic heterocycles. The normalized spacial score (nSPS) is 20.8. The lowest BCUT2D eigenvalue weighted by atomic mass is 9.53. The number of hydrogen-bond donors (Lipinski definition) is 2. The summed E-state index contributed by atoms with van der Waals surface area (Å²) in [7, 11) is 0. The van der Waals surface area contributed by atoms with Crippen LogP contribution in [0.25, 0.3) is 30.4 Å². The number of carboxylic acids is 2. The molecule has 0 saturated heterocycles. The van der Waals surface area contributed by atoms with Crippen molar-refractivity contribution in [2.45, 2.75) is 73.6 Å². The number of aliphatic carboxylic acids is 2. The van der Waals surface area contributed by atoms with E-state index >= 15 is 0 Å². The van der Waals surface area contributed by atoms with Crippen molar-refractivity contribution in [1.29, 1.82) is 0 Å². The highest BCUT2D eigenvalue weighted by Crippen LogP contribution is 2.57. The summed E-state index contributed by atoms with van der Waals surface area (Å²) in [5.74, 6) is -0.723. The second kappa shape index (κ2) is 16.4. The zero-order valence-corrected chi connectivity index (χ0v) is 32.4. The van der Waals surface area contributed by atoms with Gasteiger partial charge in [-0.25, -0.2) is 9.59 Å². The van der Waals surface area contributed by atoms with E-state index in [-0.39, 0.29) is 23.0 Å². The predicted octanol–water partition coefficient (Wildman–Crippen LogP) is 10.6. The van der Waals surface area contributed by atoms with Crippen LogP contribution in [0.4, 0.5) is 11.4 Å². The molecule has 3 aromatic rings. The van der Waals surface area contributed by atoms with Crippen LogP contribution in [-0.2, 0) is 9.59 Å². The van der Waals surface area contributed by atoms with Crippen molar-refractivity contribution in [3.8, 4) is 0 Å². The molecule has 0 aliphatic heterocycles. The molecule has 0 radical (unpaired) electrons. The standard InChI is InChI=1S/C47H56N2O4/c1-7-48(8-2)40-19-13-32(14-20-40)11-17-36-28-37(18-12-33-15-21-41(22-16-33)49(9-3)10-4)31(6)42(30(36)5)29-43(46(50)51)45(47(52)53)44-38-24-34-23-35(26-38)27-39(44)25-34/h11-22,28-29,34-35,38-39H,7-10,23-27H2,1-6H3,(H,50,51)(H,52,53)/b17-11+,18-12+,43-29?,45-44?. The highest BCUT2D eigenvalue weighted by atomic mass is 16.4. The number of benzene rings is 3. The number of anilines is 2. The van der Waals surface area contributed by atoms with E-state index < -0.39 is 11.9 Å². The Balaban J connectivity index is 1.45. The average molecular weight is 713 g/mol. The Hall–Kier alpha value is -4.84. The highest BCUT2D eigenvalue weighted by Gasteiger charge is 2.47. The van der Waals surface area contributed by atoms with Gasteiger partial charge in [0.1, 0.15) is 0 Å². The Labute approximate surface area is 316 Å². The number of carboxylic acid groups (broad SMARTS) is 2. The largest absolute Gasteiger partial charge is 0.478 e. The molecule has 6 heteroatoms. The topological polar surface area (TPSA) is 81.1 Å². The van der Waals surface area contributed by atoms with Gasteiger partial charge in [0.05, 0.1) is 11.1 Å². The fourth-order valence-corrected chi connectivity index (χ4v) is 9.56. The van der Waals surface area contributed by atoms with Gasteiger partial charge in [-0.1, -0.05) is 48.6 Å². The van der Waals surface area contributed by atoms with Gasteiger partial charge in [-0.15, -0.1) is 0 Å². The van der Waals surface area contributed by atoms with Crippen molar-refractivity contribution < 1.29 is 19.8 Å². The van der Waals surface area contributed by atoms with Gasteiger partial charge in [0, 0.05) is 37.6 Å². The molecule has 7 rings (SSSR count). The first-order chi connectivity index (χ1) is 25.5. The van der Waals surface area contributed by atoms with E-state index in [1.165, 1.54) is 17.8 Å². The number of rotatable bonds is 14. The van der Waals surface area contributed by atoms with E-state index in [1.54, 1.807) is 6.08 Å². The Morgan fingerprint density at radius 1 is 0.623 bits per heavy atom. The maximum atomic E-state index is 13.1. The first-order valence-electron chi connectivity index (χ1n) is 19.7. The Kier molecular flexibility index (Phi) is 11.8. The Morgan fingerprint density at radius 2 is 1.04 bits per heavy atom. The summed E-state index contributed by atoms with van der Waals surface area (Å²) < 4.78 is 0. The van der Waals surface area contributed by atoms with E-state index in [2.05, 4.69) is 116 Å². The molecule has 0 spiro atoms. The third-order valence-electron chi connectivity index (χ3n) is 12.2. The molecule has 0 amide bonds. The van der Waals surface area contributed by atoms with Gasteiger partial charge < -0.3 is 20.0 Å². The lowest BCUT2D eigenvalue weighted by Crippen LogP contribution is -2.41. The second-order valence-electron chi connectivity index (χ2n) is 15.2. The summed E-state index contributed by atoms with van der Waals surface area (Å²) in [6, 6.07) is 19.2. The summed E-state index contributed by atoms with van der Waals surface area (Å²) in [5.41, 5.74) is 9.78. The van der Waals surface area contributed by atoms with Crippen LogP contribution in [0, 0.1) is 37.5 Å². The molecule has 4 saturated carbocycles. The van der Waals surface area contributed by atoms with Gasteiger partial charge in [0.2, 0.25) is 0 Å². The molecular formula is C47H56N2O4. The lowest BCUT2D eigenvalue weighted by Gasteiger charge is -2.52. The fourth-order valence-electron chi connectivity index (χ4n) is 9.56. The van der Waals surface area contributed by atoms with Gasteiger partial charge in [-0.05, 0) is 178 Å². The summed E-state index contributed by atoms with van der Waals surface area (Å²) in [6.07, 6.45) is 15.2. The molecule has 0 heterocycles. The fraction of sp³-hybridized carbons (Fsp3) is 0.404. The van der Waals surface area contributed by atoms with Crippen LogP contribution in [0.3, 0.4) is 0 Å². The zero-order chi connectivity index (χ0) is 37.8. The summed E-state index contributed by atoms with van der Waals surface area (Å²) in [6.45, 7) is 16.4. The average Bonchev–Trinajstić information content (AvgIpc) is 3.14. The molecule has 6 nitrogen and oxygen atoms in total. The van der Waals surface area contributed by atoms with Crippen molar-refractivity contribution >= 4 is 53.7 Å². The van der Waals surface area contributed by atoms with Crippen molar-refractivity contribution in [3.05, 3.63) is 110 Å². The Bertz CT molecular complexity index is 1820. The van der Waals surface area contributed by atoms with E-state index in [0.717, 1.165) is 96.4 Å². The Morgan fingerprint density at radius 3 is 1.40 bits per heavy atom. The minimum Gasteiger partial charge on any atom is -0.478 e. The van der Waals surface area contributed by atoms with E-state index in [4.69, 9.17) is 0 Å². The SMILES string of the molecule is CCN(CC)c1ccc(/C=C/c2cc(/C=C/c3ccc(N(CC)CC)cc3)c(C)c(C=C(C(=O)O)C(C(=O)O)=C3C4CC5CC(C4)CC3C5)c2C)cc1. The minimum absolute atomic E-state index is 0.0183. The monoisotopic (exact) mass is 712 g/mol. The number of carbonyl (C=O) groups is 2. The molecule has 4 fully saturated rings. The second-order valence-corrected chi connectivity index (χ2v) is 15.2. The van der Waals surface area contributed by atoms with Crippen LogP contribution in [-0.4, -0.2) is 48.3 Å². The van der Waals surface area contributed by atoms with E-state index in [1.807, 2.05) is 13.8 Å². The molecule has 53 heavy (non-hydrogen) atoms. The van der Waals surface area contributed by atoms with E-state index in [0.29, 0.717) is 11.8 Å². The molecule has 278 valence electrons. The van der Waals surface area contributed by atoms with Gasteiger partial charge >= 0.3 is 11.9 Å². The number of nitrogens with zero attached hydrogens (tertiary/aromatic N) is 2. The minimum atomic E-state index is -1.19. The third kappa shape index (κ3) is 8.07. The molecule has 3 aromatic carbocycles. The quantitative estimate of drug-likeness (QED) is 0.128. The summed E-state index contributed by atoms with van der Waals surface area (Å²) >= 11 is 0. The van der Waals surface area contributed by atoms with Crippen molar-refractivity contribution in [1.82, 2.24) is 0 Å². The maximum absolute atomic E-state index is 13.1. The summed E-state index contributed by atoms with van der Waals surface area (Å²) in [5, 5.41) is 21.4. The first kappa shape index (κ1) is 37.9. The number of allylic oxidation sites excluding steroid dienone is 1. The molecule has 4 aliphatic carbocycles. The maximum Gasteiger partial charge on any atom is 0.336 e. The molecule has 0 atom stereocenters. The van der Waals surface area contributed by atoms with Gasteiger partial charge in [0.25, 0.3) is 0 Å². The van der Waals surface area contributed by atoms with Crippen LogP contribution in [0.15, 0.2) is 71.3 Å². The van der Waals surface area contributed by atoms with Crippen LogP contribution in [0.1, 0.15) is 98.7 Å². The predicted molar refractivity (Wildman–Crippen MR) is 221 cm³/mol. The molecule has 2 N–H and O–H groups in total. The molecule has 4 bridgehead atoms. The third-order valence-corrected chi connectivity index (χ3v) is 12.2. The molecule has 0 unspecified atom stereocenters. The van der Waals surface area contributed by atoms with Crippen LogP contribution in [0.2, 0.25) is 0 Å². The molecular weight excluding hydrogens is 657 g/mol. The van der Waals surface area contributed by atoms with Crippen molar-refractivity contribution in [3.63, 3.8) is 0 Å². The van der Waals surface area contributed by atoms with Crippen LogP contribution >= 0.6 is 0 Å². The van der Waals surface area contributed by atoms with Crippen LogP contribution < -0.4 is 9.80 Å². The van der Waals surface area contributed by atoms with E-state index in [9.17, 15) is 19.8 Å². The van der Waals surface area contributed by atoms with Gasteiger partial charge in [-0.2, -0.15) is 0 Å². The highest BCUT2D eigenvalue weighted by molar-refractivity contribution is 6.09. The summed E-state index contributed by atoms with van der Waals surface area (Å²) in [4.78, 5) is 30.9. The lowest BCUT2D eigenvalue weighted by molar-refractivity contribution is -0.136. The van der Waals surface area contributed by atoms with Gasteiger partial charge in [0.15, 0.2) is 0 Å². The van der Waals surface area contributed by atoms with Crippen molar-refractivity contribution in [2.24, 2.45) is 23.7 Å². The molecule has 4 aliphatic rings.